The maximum atomic E-state index is 12.2. The van der Waals surface area contributed by atoms with Gasteiger partial charge in [0.25, 0.3) is 0 Å². The number of benzene rings is 2. The van der Waals surface area contributed by atoms with Crippen molar-refractivity contribution in [2.45, 2.75) is 19.4 Å². The molecule has 2 N–H and O–H groups in total. The molecule has 0 aliphatic rings. The van der Waals surface area contributed by atoms with E-state index in [4.69, 9.17) is 9.47 Å². The molecular formula is C18H21NO4. The standard InChI is InChI=1S/C18H21NO4/c1-12(16-11-15(22-2)7-8-17(16)23-3)19-18(21)10-13-5-4-6-14(20)9-13/h4-9,11-12,20H,10H2,1-3H3,(H,19,21)/t12-/m0/s1. The minimum absolute atomic E-state index is 0.132. The second-order valence-electron chi connectivity index (χ2n) is 5.24. The molecule has 5 heteroatoms. The molecule has 0 saturated heterocycles. The van der Waals surface area contributed by atoms with Crippen LogP contribution in [0.4, 0.5) is 0 Å². The molecule has 0 aliphatic carbocycles. The molecule has 0 aliphatic heterocycles. The van der Waals surface area contributed by atoms with E-state index in [0.717, 1.165) is 11.1 Å². The van der Waals surface area contributed by atoms with Gasteiger partial charge >= 0.3 is 0 Å². The highest BCUT2D eigenvalue weighted by Gasteiger charge is 2.15. The highest BCUT2D eigenvalue weighted by atomic mass is 16.5. The highest BCUT2D eigenvalue weighted by Crippen LogP contribution is 2.29. The number of carbonyl (C=O) groups is 1. The number of hydrogen-bond donors (Lipinski definition) is 2. The lowest BCUT2D eigenvalue weighted by Crippen LogP contribution is -2.28. The molecule has 2 aromatic carbocycles. The second kappa shape index (κ2) is 7.54. The predicted molar refractivity (Wildman–Crippen MR) is 87.9 cm³/mol. The summed E-state index contributed by atoms with van der Waals surface area (Å²) in [4.78, 5) is 12.2. The van der Waals surface area contributed by atoms with Gasteiger partial charge in [-0.25, -0.2) is 0 Å². The van der Waals surface area contributed by atoms with E-state index >= 15 is 0 Å². The van der Waals surface area contributed by atoms with Crippen LogP contribution in [-0.2, 0) is 11.2 Å². The van der Waals surface area contributed by atoms with Crippen LogP contribution in [0, 0.1) is 0 Å². The molecule has 0 unspecified atom stereocenters. The lowest BCUT2D eigenvalue weighted by molar-refractivity contribution is -0.121. The van der Waals surface area contributed by atoms with Crippen molar-refractivity contribution in [3.05, 3.63) is 53.6 Å². The van der Waals surface area contributed by atoms with E-state index in [1.807, 2.05) is 25.1 Å². The first-order valence-electron chi connectivity index (χ1n) is 7.32. The average molecular weight is 315 g/mol. The van der Waals surface area contributed by atoms with E-state index in [1.54, 1.807) is 38.5 Å². The third-order valence-corrected chi connectivity index (χ3v) is 3.56. The summed E-state index contributed by atoms with van der Waals surface area (Å²) < 4.78 is 10.6. The minimum Gasteiger partial charge on any atom is -0.508 e. The van der Waals surface area contributed by atoms with Crippen molar-refractivity contribution in [2.24, 2.45) is 0 Å². The van der Waals surface area contributed by atoms with E-state index in [2.05, 4.69) is 5.32 Å². The van der Waals surface area contributed by atoms with Crippen molar-refractivity contribution in [1.82, 2.24) is 5.32 Å². The molecule has 0 radical (unpaired) electrons. The Labute approximate surface area is 135 Å². The fourth-order valence-corrected chi connectivity index (χ4v) is 2.40. The first-order valence-corrected chi connectivity index (χ1v) is 7.32. The zero-order valence-corrected chi connectivity index (χ0v) is 13.5. The molecule has 0 spiro atoms. The molecule has 0 aromatic heterocycles. The number of carbonyl (C=O) groups excluding carboxylic acids is 1. The molecule has 2 rings (SSSR count). The van der Waals surface area contributed by atoms with E-state index in [1.165, 1.54) is 0 Å². The number of amides is 1. The Morgan fingerprint density at radius 2 is 1.96 bits per heavy atom. The van der Waals surface area contributed by atoms with Gasteiger partial charge in [-0.15, -0.1) is 0 Å². The number of aromatic hydroxyl groups is 1. The van der Waals surface area contributed by atoms with E-state index < -0.39 is 0 Å². The summed E-state index contributed by atoms with van der Waals surface area (Å²) in [6.45, 7) is 1.89. The number of ether oxygens (including phenoxy) is 2. The van der Waals surface area contributed by atoms with Crippen molar-refractivity contribution < 1.29 is 19.4 Å². The second-order valence-corrected chi connectivity index (χ2v) is 5.24. The number of hydrogen-bond acceptors (Lipinski definition) is 4. The van der Waals surface area contributed by atoms with Gasteiger partial charge in [-0.05, 0) is 42.8 Å². The SMILES string of the molecule is COc1ccc(OC)c([C@H](C)NC(=O)Cc2cccc(O)c2)c1. The maximum Gasteiger partial charge on any atom is 0.224 e. The summed E-state index contributed by atoms with van der Waals surface area (Å²) >= 11 is 0. The van der Waals surface area contributed by atoms with Crippen LogP contribution in [0.15, 0.2) is 42.5 Å². The van der Waals surface area contributed by atoms with Crippen LogP contribution in [0.5, 0.6) is 17.2 Å². The number of rotatable bonds is 6. The monoisotopic (exact) mass is 315 g/mol. The lowest BCUT2D eigenvalue weighted by atomic mass is 10.1. The van der Waals surface area contributed by atoms with Gasteiger partial charge in [0.2, 0.25) is 5.91 Å². The summed E-state index contributed by atoms with van der Waals surface area (Å²) in [5, 5.41) is 12.4. The highest BCUT2D eigenvalue weighted by molar-refractivity contribution is 5.79. The molecule has 5 nitrogen and oxygen atoms in total. The first-order chi connectivity index (χ1) is 11.0. The molecule has 0 bridgehead atoms. The summed E-state index contributed by atoms with van der Waals surface area (Å²) in [6, 6.07) is 11.9. The van der Waals surface area contributed by atoms with Gasteiger partial charge < -0.3 is 19.9 Å². The zero-order chi connectivity index (χ0) is 16.8. The molecular weight excluding hydrogens is 294 g/mol. The quantitative estimate of drug-likeness (QED) is 0.860. The van der Waals surface area contributed by atoms with Crippen LogP contribution >= 0.6 is 0 Å². The summed E-state index contributed by atoms with van der Waals surface area (Å²) in [6.07, 6.45) is 0.199. The molecule has 2 aromatic rings. The van der Waals surface area contributed by atoms with E-state index in [0.29, 0.717) is 11.5 Å². The Balaban J connectivity index is 2.09. The fraction of sp³-hybridized carbons (Fsp3) is 0.278. The Kier molecular flexibility index (Phi) is 5.46. The Morgan fingerprint density at radius 3 is 2.61 bits per heavy atom. The van der Waals surface area contributed by atoms with Crippen molar-refractivity contribution in [3.63, 3.8) is 0 Å². The summed E-state index contributed by atoms with van der Waals surface area (Å²) in [5.41, 5.74) is 1.60. The topological polar surface area (TPSA) is 67.8 Å². The van der Waals surface area contributed by atoms with E-state index in [-0.39, 0.29) is 24.1 Å². The molecule has 1 atom stereocenters. The van der Waals surface area contributed by atoms with Crippen molar-refractivity contribution in [1.29, 1.82) is 0 Å². The van der Waals surface area contributed by atoms with Crippen LogP contribution in [0.2, 0.25) is 0 Å². The molecule has 23 heavy (non-hydrogen) atoms. The van der Waals surface area contributed by atoms with Gasteiger partial charge in [-0.1, -0.05) is 12.1 Å². The van der Waals surface area contributed by atoms with Gasteiger partial charge in [0.1, 0.15) is 17.2 Å². The van der Waals surface area contributed by atoms with E-state index in [9.17, 15) is 9.90 Å². The van der Waals surface area contributed by atoms with Gasteiger partial charge in [-0.2, -0.15) is 0 Å². The summed E-state index contributed by atoms with van der Waals surface area (Å²) in [7, 11) is 3.18. The smallest absolute Gasteiger partial charge is 0.224 e. The zero-order valence-electron chi connectivity index (χ0n) is 13.5. The van der Waals surface area contributed by atoms with Crippen LogP contribution in [0.25, 0.3) is 0 Å². The Morgan fingerprint density at radius 1 is 1.17 bits per heavy atom. The fourth-order valence-electron chi connectivity index (χ4n) is 2.40. The van der Waals surface area contributed by atoms with Gasteiger partial charge in [0, 0.05) is 5.56 Å². The van der Waals surface area contributed by atoms with Gasteiger partial charge in [-0.3, -0.25) is 4.79 Å². The normalized spacial score (nSPS) is 11.6. The van der Waals surface area contributed by atoms with Crippen molar-refractivity contribution in [3.8, 4) is 17.2 Å². The third-order valence-electron chi connectivity index (χ3n) is 3.56. The van der Waals surface area contributed by atoms with Crippen molar-refractivity contribution in [2.75, 3.05) is 14.2 Å². The predicted octanol–water partition coefficient (Wildman–Crippen LogP) is 2.83. The van der Waals surface area contributed by atoms with Crippen LogP contribution < -0.4 is 14.8 Å². The van der Waals surface area contributed by atoms with Crippen LogP contribution in [0.1, 0.15) is 24.1 Å². The van der Waals surface area contributed by atoms with Crippen molar-refractivity contribution >= 4 is 5.91 Å². The number of nitrogens with one attached hydrogen (secondary N) is 1. The average Bonchev–Trinajstić information content (AvgIpc) is 2.54. The molecule has 1 amide bonds. The summed E-state index contributed by atoms with van der Waals surface area (Å²) in [5.74, 6) is 1.41. The number of phenols is 1. The number of phenolic OH excluding ortho intramolecular Hbond substituents is 1. The van der Waals surface area contributed by atoms with Crippen LogP contribution in [0.3, 0.4) is 0 Å². The Bertz CT molecular complexity index is 684. The minimum atomic E-state index is -0.232. The molecule has 0 saturated carbocycles. The Hall–Kier alpha value is -2.69. The first kappa shape index (κ1) is 16.7. The van der Waals surface area contributed by atoms with Gasteiger partial charge in [0.05, 0.1) is 26.7 Å². The maximum absolute atomic E-state index is 12.2. The molecule has 0 fully saturated rings. The third kappa shape index (κ3) is 4.39. The lowest BCUT2D eigenvalue weighted by Gasteiger charge is -2.18. The largest absolute Gasteiger partial charge is 0.508 e. The van der Waals surface area contributed by atoms with Gasteiger partial charge in [0.15, 0.2) is 0 Å². The molecule has 122 valence electrons. The molecule has 0 heterocycles. The van der Waals surface area contributed by atoms with Crippen LogP contribution in [-0.4, -0.2) is 25.2 Å². The number of methoxy groups -OCH3 is 2.